The van der Waals surface area contributed by atoms with Crippen LogP contribution in [0.2, 0.25) is 0 Å². The normalized spacial score (nSPS) is 25.2. The minimum Gasteiger partial charge on any atom is -0.462 e. The van der Waals surface area contributed by atoms with Crippen LogP contribution < -0.4 is 5.32 Å². The number of carbonyl (C=O) groups excluding carboxylic acids is 1. The summed E-state index contributed by atoms with van der Waals surface area (Å²) < 4.78 is 5.24. The predicted octanol–water partition coefficient (Wildman–Crippen LogP) is 1.47. The monoisotopic (exact) mass is 185 g/mol. The van der Waals surface area contributed by atoms with Crippen LogP contribution in [0.3, 0.4) is 0 Å². The molecular weight excluding hydrogens is 166 g/mol. The molecule has 2 atom stereocenters. The Morgan fingerprint density at radius 1 is 1.62 bits per heavy atom. The number of rotatable bonds is 3. The summed E-state index contributed by atoms with van der Waals surface area (Å²) in [6, 6.07) is -0.0530. The number of hydrogen-bond donors (Lipinski definition) is 1. The molecule has 1 aliphatic heterocycles. The van der Waals surface area contributed by atoms with Crippen molar-refractivity contribution >= 4 is 5.97 Å². The van der Waals surface area contributed by atoms with Crippen LogP contribution in [0, 0.1) is 0 Å². The summed E-state index contributed by atoms with van der Waals surface area (Å²) >= 11 is 0. The van der Waals surface area contributed by atoms with Crippen LogP contribution in [-0.4, -0.2) is 24.7 Å². The Labute approximate surface area is 79.8 Å². The standard InChI is InChI=1S/C10H19NO2/c1-3-8(2)13-10(12)9-6-4-5-7-11-9/h8-9,11H,3-7H2,1-2H3/t8-,9+/m0/s1. The lowest BCUT2D eigenvalue weighted by Gasteiger charge is -2.23. The lowest BCUT2D eigenvalue weighted by molar-refractivity contribution is -0.151. The van der Waals surface area contributed by atoms with Gasteiger partial charge in [-0.1, -0.05) is 13.3 Å². The van der Waals surface area contributed by atoms with E-state index in [9.17, 15) is 4.79 Å². The van der Waals surface area contributed by atoms with E-state index in [4.69, 9.17) is 4.74 Å². The summed E-state index contributed by atoms with van der Waals surface area (Å²) in [5.41, 5.74) is 0. The van der Waals surface area contributed by atoms with E-state index in [1.54, 1.807) is 0 Å². The molecule has 0 radical (unpaired) electrons. The molecule has 1 saturated heterocycles. The van der Waals surface area contributed by atoms with Gasteiger partial charge in [-0.2, -0.15) is 0 Å². The topological polar surface area (TPSA) is 38.3 Å². The molecule has 0 aromatic rings. The maximum atomic E-state index is 11.5. The van der Waals surface area contributed by atoms with Crippen molar-refractivity contribution in [1.29, 1.82) is 0 Å². The average Bonchev–Trinajstić information content (AvgIpc) is 2.19. The first-order chi connectivity index (χ1) is 6.24. The maximum Gasteiger partial charge on any atom is 0.323 e. The minimum absolute atomic E-state index is 0.0521. The van der Waals surface area contributed by atoms with E-state index >= 15 is 0 Å². The molecule has 0 bridgehead atoms. The number of esters is 1. The van der Waals surface area contributed by atoms with Crippen molar-refractivity contribution in [3.8, 4) is 0 Å². The molecule has 0 aromatic heterocycles. The molecule has 0 amide bonds. The molecule has 13 heavy (non-hydrogen) atoms. The van der Waals surface area contributed by atoms with E-state index < -0.39 is 0 Å². The van der Waals surface area contributed by atoms with Gasteiger partial charge in [0.05, 0.1) is 6.10 Å². The third kappa shape index (κ3) is 3.35. The van der Waals surface area contributed by atoms with Gasteiger partial charge in [0, 0.05) is 0 Å². The molecule has 0 saturated carbocycles. The Balaban J connectivity index is 2.29. The van der Waals surface area contributed by atoms with E-state index in [0.29, 0.717) is 0 Å². The van der Waals surface area contributed by atoms with Gasteiger partial charge in [-0.25, -0.2) is 0 Å². The second kappa shape index (κ2) is 5.22. The molecule has 1 heterocycles. The summed E-state index contributed by atoms with van der Waals surface area (Å²) in [7, 11) is 0. The Morgan fingerprint density at radius 3 is 2.92 bits per heavy atom. The average molecular weight is 185 g/mol. The zero-order chi connectivity index (χ0) is 9.68. The molecule has 1 N–H and O–H groups in total. The summed E-state index contributed by atoms with van der Waals surface area (Å²) in [4.78, 5) is 11.5. The Hall–Kier alpha value is -0.570. The van der Waals surface area contributed by atoms with Crippen molar-refractivity contribution < 1.29 is 9.53 Å². The molecule has 1 rings (SSSR count). The summed E-state index contributed by atoms with van der Waals surface area (Å²) in [6.45, 7) is 4.90. The maximum absolute atomic E-state index is 11.5. The van der Waals surface area contributed by atoms with Gasteiger partial charge >= 0.3 is 5.97 Å². The van der Waals surface area contributed by atoms with E-state index in [1.165, 1.54) is 6.42 Å². The molecule has 0 aliphatic carbocycles. The Morgan fingerprint density at radius 2 is 2.38 bits per heavy atom. The largest absolute Gasteiger partial charge is 0.462 e. The highest BCUT2D eigenvalue weighted by atomic mass is 16.5. The van der Waals surface area contributed by atoms with Crippen molar-refractivity contribution in [3.63, 3.8) is 0 Å². The molecule has 1 fully saturated rings. The third-order valence-corrected chi connectivity index (χ3v) is 2.49. The van der Waals surface area contributed by atoms with E-state index in [0.717, 1.165) is 25.8 Å². The van der Waals surface area contributed by atoms with Crippen LogP contribution in [0.15, 0.2) is 0 Å². The van der Waals surface area contributed by atoms with Crippen LogP contribution in [0.4, 0.5) is 0 Å². The predicted molar refractivity (Wildman–Crippen MR) is 51.5 cm³/mol. The number of carbonyl (C=O) groups is 1. The van der Waals surface area contributed by atoms with Crippen LogP contribution in [0.1, 0.15) is 39.5 Å². The SMILES string of the molecule is CC[C@H](C)OC(=O)[C@H]1CCCCN1. The van der Waals surface area contributed by atoms with E-state index in [-0.39, 0.29) is 18.1 Å². The first kappa shape index (κ1) is 10.5. The highest BCUT2D eigenvalue weighted by Gasteiger charge is 2.22. The zero-order valence-electron chi connectivity index (χ0n) is 8.51. The van der Waals surface area contributed by atoms with Gasteiger partial charge in [-0.3, -0.25) is 4.79 Å². The second-order valence-electron chi connectivity index (χ2n) is 3.66. The fourth-order valence-corrected chi connectivity index (χ4v) is 1.42. The van der Waals surface area contributed by atoms with Crippen LogP contribution in [0.5, 0.6) is 0 Å². The molecule has 1 aliphatic rings. The number of nitrogens with one attached hydrogen (secondary N) is 1. The van der Waals surface area contributed by atoms with Gasteiger partial charge in [0.25, 0.3) is 0 Å². The van der Waals surface area contributed by atoms with Gasteiger partial charge in [0.15, 0.2) is 0 Å². The van der Waals surface area contributed by atoms with Gasteiger partial charge in [-0.05, 0) is 32.7 Å². The van der Waals surface area contributed by atoms with Crippen molar-refractivity contribution in [2.24, 2.45) is 0 Å². The molecule has 76 valence electrons. The zero-order valence-corrected chi connectivity index (χ0v) is 8.51. The fourth-order valence-electron chi connectivity index (χ4n) is 1.42. The first-order valence-corrected chi connectivity index (χ1v) is 5.18. The lowest BCUT2D eigenvalue weighted by Crippen LogP contribution is -2.42. The summed E-state index contributed by atoms with van der Waals surface area (Å²) in [5.74, 6) is -0.0750. The van der Waals surface area contributed by atoms with Crippen LogP contribution in [-0.2, 0) is 9.53 Å². The molecule has 0 unspecified atom stereocenters. The van der Waals surface area contributed by atoms with Gasteiger partial charge < -0.3 is 10.1 Å². The molecule has 0 aromatic carbocycles. The quantitative estimate of drug-likeness (QED) is 0.677. The minimum atomic E-state index is -0.0750. The van der Waals surface area contributed by atoms with Crippen molar-refractivity contribution in [2.45, 2.75) is 51.7 Å². The second-order valence-corrected chi connectivity index (χ2v) is 3.66. The molecular formula is C10H19NO2. The molecule has 3 nitrogen and oxygen atoms in total. The molecule has 3 heteroatoms. The molecule has 0 spiro atoms. The van der Waals surface area contributed by atoms with Crippen LogP contribution in [0.25, 0.3) is 0 Å². The Kier molecular flexibility index (Phi) is 4.22. The number of hydrogen-bond acceptors (Lipinski definition) is 3. The smallest absolute Gasteiger partial charge is 0.323 e. The first-order valence-electron chi connectivity index (χ1n) is 5.18. The van der Waals surface area contributed by atoms with Gasteiger partial charge in [-0.15, -0.1) is 0 Å². The summed E-state index contributed by atoms with van der Waals surface area (Å²) in [6.07, 6.45) is 4.17. The fraction of sp³-hybridized carbons (Fsp3) is 0.900. The Bertz CT molecular complexity index is 164. The van der Waals surface area contributed by atoms with E-state index in [1.807, 2.05) is 13.8 Å². The highest BCUT2D eigenvalue weighted by Crippen LogP contribution is 2.09. The van der Waals surface area contributed by atoms with Crippen molar-refractivity contribution in [2.75, 3.05) is 6.54 Å². The number of ether oxygens (including phenoxy) is 1. The van der Waals surface area contributed by atoms with E-state index in [2.05, 4.69) is 5.32 Å². The van der Waals surface area contributed by atoms with Crippen molar-refractivity contribution in [1.82, 2.24) is 5.32 Å². The highest BCUT2D eigenvalue weighted by molar-refractivity contribution is 5.76. The van der Waals surface area contributed by atoms with Crippen LogP contribution >= 0.6 is 0 Å². The number of piperidine rings is 1. The van der Waals surface area contributed by atoms with Crippen molar-refractivity contribution in [3.05, 3.63) is 0 Å². The summed E-state index contributed by atoms with van der Waals surface area (Å²) in [5, 5.41) is 3.17. The third-order valence-electron chi connectivity index (χ3n) is 2.49. The van der Waals surface area contributed by atoms with Gasteiger partial charge in [0.2, 0.25) is 0 Å². The van der Waals surface area contributed by atoms with Gasteiger partial charge in [0.1, 0.15) is 6.04 Å². The lowest BCUT2D eigenvalue weighted by atomic mass is 10.1.